The lowest BCUT2D eigenvalue weighted by atomic mass is 9.88. The lowest BCUT2D eigenvalue weighted by Gasteiger charge is -2.31. The van der Waals surface area contributed by atoms with Crippen LogP contribution in [0.15, 0.2) is 60.9 Å². The van der Waals surface area contributed by atoms with E-state index in [4.69, 9.17) is 4.74 Å². The predicted molar refractivity (Wildman–Crippen MR) is 120 cm³/mol. The van der Waals surface area contributed by atoms with E-state index in [1.54, 1.807) is 36.5 Å². The molecule has 0 radical (unpaired) electrons. The van der Waals surface area contributed by atoms with Gasteiger partial charge < -0.3 is 15.0 Å². The molecule has 0 saturated carbocycles. The second kappa shape index (κ2) is 7.74. The van der Waals surface area contributed by atoms with Crippen LogP contribution >= 0.6 is 0 Å². The SMILES string of the molecule is COc1ccc2c(c1)C(=O)N(C[C@@]1(c3ccc(-c4cnccc4C)cc3)NC(=O)NC1=O)C2. The number of hydrogen-bond acceptors (Lipinski definition) is 5. The quantitative estimate of drug-likeness (QED) is 0.592. The van der Waals surface area contributed by atoms with Crippen molar-refractivity contribution in [1.29, 1.82) is 0 Å². The van der Waals surface area contributed by atoms with Crippen LogP contribution in [0.1, 0.15) is 27.0 Å². The smallest absolute Gasteiger partial charge is 0.322 e. The molecule has 3 aromatic rings. The van der Waals surface area contributed by atoms with E-state index < -0.39 is 17.5 Å². The molecule has 1 saturated heterocycles. The molecule has 2 aromatic carbocycles. The van der Waals surface area contributed by atoms with Gasteiger partial charge in [-0.15, -0.1) is 0 Å². The normalized spacial score (nSPS) is 19.3. The summed E-state index contributed by atoms with van der Waals surface area (Å²) in [6, 6.07) is 14.1. The van der Waals surface area contributed by atoms with Crippen LogP contribution in [0.2, 0.25) is 0 Å². The third-order valence-electron chi connectivity index (χ3n) is 6.29. The Morgan fingerprint density at radius 1 is 1.06 bits per heavy atom. The van der Waals surface area contributed by atoms with Crippen molar-refractivity contribution in [3.63, 3.8) is 0 Å². The molecule has 8 heteroatoms. The van der Waals surface area contributed by atoms with Crippen molar-refractivity contribution < 1.29 is 19.1 Å². The molecule has 1 fully saturated rings. The Balaban J connectivity index is 1.49. The first-order valence-corrected chi connectivity index (χ1v) is 10.5. The van der Waals surface area contributed by atoms with Crippen LogP contribution in [0.4, 0.5) is 4.79 Å². The molecule has 0 spiro atoms. The Bertz CT molecular complexity index is 1290. The van der Waals surface area contributed by atoms with Gasteiger partial charge in [0, 0.05) is 30.1 Å². The maximum Gasteiger partial charge on any atom is 0.322 e. The number of hydrogen-bond donors (Lipinski definition) is 2. The van der Waals surface area contributed by atoms with Gasteiger partial charge in [-0.2, -0.15) is 0 Å². The summed E-state index contributed by atoms with van der Waals surface area (Å²) in [5, 5.41) is 5.10. The van der Waals surface area contributed by atoms with E-state index in [0.29, 0.717) is 23.4 Å². The fraction of sp³-hybridized carbons (Fsp3) is 0.200. The van der Waals surface area contributed by atoms with E-state index >= 15 is 0 Å². The van der Waals surface area contributed by atoms with E-state index in [0.717, 1.165) is 22.3 Å². The summed E-state index contributed by atoms with van der Waals surface area (Å²) in [5.41, 5.74) is 3.60. The van der Waals surface area contributed by atoms with Gasteiger partial charge in [0.2, 0.25) is 0 Å². The minimum absolute atomic E-state index is 0.00562. The minimum Gasteiger partial charge on any atom is -0.497 e. The van der Waals surface area contributed by atoms with E-state index in [-0.39, 0.29) is 12.5 Å². The van der Waals surface area contributed by atoms with Crippen LogP contribution in [0.3, 0.4) is 0 Å². The lowest BCUT2D eigenvalue weighted by Crippen LogP contribution is -2.52. The molecule has 2 N–H and O–H groups in total. The van der Waals surface area contributed by atoms with Gasteiger partial charge in [-0.05, 0) is 47.4 Å². The fourth-order valence-corrected chi connectivity index (χ4v) is 4.48. The number of fused-ring (bicyclic) bond motifs is 1. The van der Waals surface area contributed by atoms with Crippen LogP contribution in [-0.4, -0.2) is 41.4 Å². The summed E-state index contributed by atoms with van der Waals surface area (Å²) in [6.07, 6.45) is 3.53. The van der Waals surface area contributed by atoms with Crippen LogP contribution in [-0.2, 0) is 16.9 Å². The highest BCUT2D eigenvalue weighted by atomic mass is 16.5. The molecule has 2 aliphatic heterocycles. The van der Waals surface area contributed by atoms with Gasteiger partial charge in [-0.3, -0.25) is 19.9 Å². The zero-order valence-electron chi connectivity index (χ0n) is 18.2. The van der Waals surface area contributed by atoms with Gasteiger partial charge in [-0.25, -0.2) is 4.79 Å². The van der Waals surface area contributed by atoms with E-state index in [9.17, 15) is 14.4 Å². The van der Waals surface area contributed by atoms with Crippen molar-refractivity contribution in [1.82, 2.24) is 20.5 Å². The Morgan fingerprint density at radius 2 is 1.85 bits per heavy atom. The molecule has 0 unspecified atom stereocenters. The first kappa shape index (κ1) is 20.7. The maximum absolute atomic E-state index is 13.1. The minimum atomic E-state index is -1.39. The van der Waals surface area contributed by atoms with Crippen molar-refractivity contribution in [2.45, 2.75) is 19.0 Å². The number of nitrogens with zero attached hydrogens (tertiary/aromatic N) is 2. The molecule has 1 atom stereocenters. The first-order valence-electron chi connectivity index (χ1n) is 10.5. The van der Waals surface area contributed by atoms with Gasteiger partial charge in [0.25, 0.3) is 11.8 Å². The third-order valence-corrected chi connectivity index (χ3v) is 6.29. The standard InChI is InChI=1S/C25H22N4O4/c1-15-9-10-26-12-21(15)16-3-6-18(7-4-16)25(23(31)27-24(32)28-25)14-29-13-17-5-8-19(33-2)11-20(17)22(29)30/h3-12H,13-14H2,1-2H3,(H2,27,28,31,32)/t25-/m0/s1. The number of methoxy groups -OCH3 is 1. The highest BCUT2D eigenvalue weighted by Crippen LogP contribution is 2.33. The molecule has 5 rings (SSSR count). The number of pyridine rings is 1. The molecule has 3 heterocycles. The largest absolute Gasteiger partial charge is 0.497 e. The number of carbonyl (C=O) groups is 3. The highest BCUT2D eigenvalue weighted by molar-refractivity contribution is 6.08. The molecule has 0 bridgehead atoms. The van der Waals surface area contributed by atoms with Crippen molar-refractivity contribution in [2.24, 2.45) is 0 Å². The average molecular weight is 442 g/mol. The van der Waals surface area contributed by atoms with Gasteiger partial charge in [0.1, 0.15) is 5.75 Å². The third kappa shape index (κ3) is 3.40. The van der Waals surface area contributed by atoms with E-state index in [1.807, 2.05) is 43.3 Å². The van der Waals surface area contributed by atoms with Crippen LogP contribution in [0.25, 0.3) is 11.1 Å². The number of imide groups is 1. The van der Waals surface area contributed by atoms with Crippen LogP contribution in [0.5, 0.6) is 5.75 Å². The molecular formula is C25H22N4O4. The molecule has 8 nitrogen and oxygen atoms in total. The molecular weight excluding hydrogens is 420 g/mol. The number of nitrogens with one attached hydrogen (secondary N) is 2. The Morgan fingerprint density at radius 3 is 2.52 bits per heavy atom. The zero-order chi connectivity index (χ0) is 23.2. The second-order valence-electron chi connectivity index (χ2n) is 8.27. The summed E-state index contributed by atoms with van der Waals surface area (Å²) in [7, 11) is 1.54. The van der Waals surface area contributed by atoms with Crippen LogP contribution in [0, 0.1) is 6.92 Å². The number of carbonyl (C=O) groups excluding carboxylic acids is 3. The van der Waals surface area contributed by atoms with E-state index in [2.05, 4.69) is 15.6 Å². The number of ether oxygens (including phenoxy) is 1. The number of aromatic nitrogens is 1. The van der Waals surface area contributed by atoms with Gasteiger partial charge in [0.15, 0.2) is 5.54 Å². The number of urea groups is 1. The van der Waals surface area contributed by atoms with Gasteiger partial charge >= 0.3 is 6.03 Å². The highest BCUT2D eigenvalue weighted by Gasteiger charge is 2.50. The summed E-state index contributed by atoms with van der Waals surface area (Å²) >= 11 is 0. The Kier molecular flexibility index (Phi) is 4.85. The average Bonchev–Trinajstić information content (AvgIpc) is 3.29. The van der Waals surface area contributed by atoms with E-state index in [1.165, 1.54) is 0 Å². The fourth-order valence-electron chi connectivity index (χ4n) is 4.48. The monoisotopic (exact) mass is 442 g/mol. The maximum atomic E-state index is 13.1. The summed E-state index contributed by atoms with van der Waals surface area (Å²) in [4.78, 5) is 44.1. The summed E-state index contributed by atoms with van der Waals surface area (Å²) in [5.74, 6) is -0.106. The second-order valence-corrected chi connectivity index (χ2v) is 8.27. The summed E-state index contributed by atoms with van der Waals surface area (Å²) in [6.45, 7) is 2.35. The lowest BCUT2D eigenvalue weighted by molar-refractivity contribution is -0.124. The topological polar surface area (TPSA) is 101 Å². The number of benzene rings is 2. The van der Waals surface area contributed by atoms with Crippen molar-refractivity contribution in [3.05, 3.63) is 83.2 Å². The number of amides is 4. The Hall–Kier alpha value is -4.20. The molecule has 1 aromatic heterocycles. The van der Waals surface area contributed by atoms with Crippen molar-refractivity contribution in [2.75, 3.05) is 13.7 Å². The van der Waals surface area contributed by atoms with Gasteiger partial charge in [0.05, 0.1) is 13.7 Å². The van der Waals surface area contributed by atoms with Crippen molar-refractivity contribution >= 4 is 17.8 Å². The Labute approximate surface area is 190 Å². The first-order chi connectivity index (χ1) is 15.9. The molecule has 2 aliphatic rings. The molecule has 166 valence electrons. The number of aryl methyl sites for hydroxylation is 1. The predicted octanol–water partition coefficient (Wildman–Crippen LogP) is 2.76. The summed E-state index contributed by atoms with van der Waals surface area (Å²) < 4.78 is 5.24. The molecule has 4 amide bonds. The van der Waals surface area contributed by atoms with Crippen LogP contribution < -0.4 is 15.4 Å². The zero-order valence-corrected chi connectivity index (χ0v) is 18.2. The molecule has 0 aliphatic carbocycles. The molecule has 33 heavy (non-hydrogen) atoms. The van der Waals surface area contributed by atoms with Gasteiger partial charge in [-0.1, -0.05) is 30.3 Å². The number of rotatable bonds is 5. The van der Waals surface area contributed by atoms with Crippen molar-refractivity contribution in [3.8, 4) is 16.9 Å².